The van der Waals surface area contributed by atoms with Gasteiger partial charge in [0, 0.05) is 24.2 Å². The van der Waals surface area contributed by atoms with E-state index in [9.17, 15) is 0 Å². The van der Waals surface area contributed by atoms with Crippen molar-refractivity contribution in [2.75, 3.05) is 0 Å². The van der Waals surface area contributed by atoms with Crippen molar-refractivity contribution in [2.24, 2.45) is 5.73 Å². The van der Waals surface area contributed by atoms with Crippen molar-refractivity contribution in [2.45, 2.75) is 97.6 Å². The summed E-state index contributed by atoms with van der Waals surface area (Å²) in [5.74, 6) is 0. The second-order valence-electron chi connectivity index (χ2n) is 9.87. The van der Waals surface area contributed by atoms with Crippen LogP contribution in [0.25, 0.3) is 0 Å². The summed E-state index contributed by atoms with van der Waals surface area (Å²) in [5.41, 5.74) is 13.2. The lowest BCUT2D eigenvalue weighted by atomic mass is 9.86. The van der Waals surface area contributed by atoms with Crippen LogP contribution in [0.4, 0.5) is 0 Å². The predicted octanol–water partition coefficient (Wildman–Crippen LogP) is 7.89. The van der Waals surface area contributed by atoms with Crippen molar-refractivity contribution in [1.29, 1.82) is 0 Å². The molecule has 0 aromatic heterocycles. The zero-order valence-corrected chi connectivity index (χ0v) is 20.9. The molecule has 1 aliphatic rings. The molecular formula is C29H46N2. The molecule has 0 saturated heterocycles. The summed E-state index contributed by atoms with van der Waals surface area (Å²) < 4.78 is 0. The van der Waals surface area contributed by atoms with E-state index in [-0.39, 0.29) is 11.5 Å². The Bertz CT molecular complexity index is 744. The third-order valence-electron chi connectivity index (χ3n) is 6.03. The van der Waals surface area contributed by atoms with Gasteiger partial charge in [0.25, 0.3) is 0 Å². The van der Waals surface area contributed by atoms with Crippen LogP contribution >= 0.6 is 0 Å². The number of allylic oxidation sites excluding steroid dienone is 4. The van der Waals surface area contributed by atoms with Gasteiger partial charge in [0.15, 0.2) is 0 Å². The van der Waals surface area contributed by atoms with E-state index in [1.54, 1.807) is 11.1 Å². The lowest BCUT2D eigenvalue weighted by Crippen LogP contribution is -2.30. The van der Waals surface area contributed by atoms with Gasteiger partial charge in [0.1, 0.15) is 0 Å². The van der Waals surface area contributed by atoms with Crippen LogP contribution < -0.4 is 11.1 Å². The van der Waals surface area contributed by atoms with E-state index in [1.165, 1.54) is 30.4 Å². The average Bonchev–Trinajstić information content (AvgIpc) is 2.71. The minimum atomic E-state index is 0.153. The summed E-state index contributed by atoms with van der Waals surface area (Å²) in [6, 6.07) is 9.48. The summed E-state index contributed by atoms with van der Waals surface area (Å²) in [7, 11) is 0. The second-order valence-corrected chi connectivity index (χ2v) is 9.87. The highest BCUT2D eigenvalue weighted by Crippen LogP contribution is 2.25. The topological polar surface area (TPSA) is 38.0 Å². The molecule has 0 fully saturated rings. The highest BCUT2D eigenvalue weighted by Gasteiger charge is 2.16. The van der Waals surface area contributed by atoms with Crippen molar-refractivity contribution in [3.05, 3.63) is 83.6 Å². The van der Waals surface area contributed by atoms with Gasteiger partial charge in [-0.05, 0) is 69.4 Å². The second kappa shape index (κ2) is 13.4. The van der Waals surface area contributed by atoms with Gasteiger partial charge in [-0.2, -0.15) is 0 Å². The van der Waals surface area contributed by atoms with E-state index in [2.05, 4.69) is 89.5 Å². The van der Waals surface area contributed by atoms with Gasteiger partial charge >= 0.3 is 0 Å². The minimum absolute atomic E-state index is 0.153. The van der Waals surface area contributed by atoms with E-state index in [4.69, 9.17) is 5.73 Å². The van der Waals surface area contributed by atoms with Crippen LogP contribution in [0.15, 0.2) is 72.5 Å². The highest BCUT2D eigenvalue weighted by molar-refractivity contribution is 5.29. The molecule has 0 heterocycles. The molecule has 31 heavy (non-hydrogen) atoms. The first kappa shape index (κ1) is 27.0. The summed E-state index contributed by atoms with van der Waals surface area (Å²) in [6.45, 7) is 20.9. The fourth-order valence-corrected chi connectivity index (χ4v) is 3.73. The summed E-state index contributed by atoms with van der Waals surface area (Å²) in [6.07, 6.45) is 12.7. The quantitative estimate of drug-likeness (QED) is 0.418. The smallest absolute Gasteiger partial charge is 0.0298 e. The zero-order valence-electron chi connectivity index (χ0n) is 20.9. The molecule has 2 unspecified atom stereocenters. The van der Waals surface area contributed by atoms with E-state index >= 15 is 0 Å². The van der Waals surface area contributed by atoms with Gasteiger partial charge in [0.2, 0.25) is 0 Å². The van der Waals surface area contributed by atoms with Crippen LogP contribution in [0.5, 0.6) is 0 Å². The number of hydrogen-bond donors (Lipinski definition) is 2. The zero-order chi connectivity index (χ0) is 23.4. The number of nitrogens with one attached hydrogen (secondary N) is 1. The van der Waals surface area contributed by atoms with E-state index in [0.717, 1.165) is 25.0 Å². The molecule has 1 aromatic rings. The van der Waals surface area contributed by atoms with Crippen molar-refractivity contribution >= 4 is 0 Å². The molecule has 3 N–H and O–H groups in total. The predicted molar refractivity (Wildman–Crippen MR) is 139 cm³/mol. The third kappa shape index (κ3) is 10.2. The fourth-order valence-electron chi connectivity index (χ4n) is 3.73. The molecule has 2 heteroatoms. The van der Waals surface area contributed by atoms with E-state index in [1.807, 2.05) is 13.0 Å². The van der Waals surface area contributed by atoms with Crippen LogP contribution in [0.3, 0.4) is 0 Å². The molecule has 0 radical (unpaired) electrons. The fraction of sp³-hybridized carbons (Fsp3) is 0.517. The molecule has 0 amide bonds. The van der Waals surface area contributed by atoms with Crippen molar-refractivity contribution in [1.82, 2.24) is 5.32 Å². The first-order valence-electron chi connectivity index (χ1n) is 11.8. The molecule has 2 nitrogen and oxygen atoms in total. The maximum absolute atomic E-state index is 6.16. The number of benzene rings is 1. The van der Waals surface area contributed by atoms with Crippen LogP contribution in [-0.2, 0) is 5.41 Å². The van der Waals surface area contributed by atoms with Gasteiger partial charge in [-0.3, -0.25) is 0 Å². The molecule has 0 aliphatic heterocycles. The maximum Gasteiger partial charge on any atom is 0.0298 e. The van der Waals surface area contributed by atoms with E-state index < -0.39 is 0 Å². The minimum Gasteiger partial charge on any atom is -0.385 e. The Kier molecular flexibility index (Phi) is 11.6. The lowest BCUT2D eigenvalue weighted by Gasteiger charge is -2.26. The van der Waals surface area contributed by atoms with Crippen molar-refractivity contribution < 1.29 is 0 Å². The maximum atomic E-state index is 6.16. The Hall–Kier alpha value is -2.06. The summed E-state index contributed by atoms with van der Waals surface area (Å²) in [4.78, 5) is 0. The Morgan fingerprint density at radius 3 is 2.35 bits per heavy atom. The van der Waals surface area contributed by atoms with Gasteiger partial charge in [-0.25, -0.2) is 0 Å². The Morgan fingerprint density at radius 1 is 1.19 bits per heavy atom. The molecule has 0 saturated carbocycles. The Balaban J connectivity index is 0.000000316. The van der Waals surface area contributed by atoms with Gasteiger partial charge in [-0.1, -0.05) is 81.0 Å². The number of rotatable bonds is 8. The molecular weight excluding hydrogens is 376 g/mol. The van der Waals surface area contributed by atoms with Crippen LogP contribution in [0.1, 0.15) is 97.2 Å². The van der Waals surface area contributed by atoms with Crippen molar-refractivity contribution in [3.8, 4) is 0 Å². The van der Waals surface area contributed by atoms with Crippen LogP contribution in [0, 0.1) is 0 Å². The standard InChI is InChI=1S/C16H25N.C13H21N/c1-5-6-7-8-15(17)13-9-11-14(12-10-13)16(2,3)4;1-5-6-12(4)14-13-8-7-10(2)11(3)9-13/h5-6,9-12,15H,7-8,17H2,1-4H3;5,13-14H,1,4,6-9H2,2-3H3/b6-5-;. The van der Waals surface area contributed by atoms with Crippen LogP contribution in [-0.4, -0.2) is 6.04 Å². The van der Waals surface area contributed by atoms with Crippen molar-refractivity contribution in [3.63, 3.8) is 0 Å². The molecule has 172 valence electrons. The number of hydrogen-bond acceptors (Lipinski definition) is 2. The largest absolute Gasteiger partial charge is 0.385 e. The van der Waals surface area contributed by atoms with Gasteiger partial charge in [-0.15, -0.1) is 6.58 Å². The van der Waals surface area contributed by atoms with Crippen LogP contribution in [0.2, 0.25) is 0 Å². The van der Waals surface area contributed by atoms with E-state index in [0.29, 0.717) is 6.04 Å². The van der Waals surface area contributed by atoms with Gasteiger partial charge < -0.3 is 11.1 Å². The monoisotopic (exact) mass is 422 g/mol. The number of nitrogens with two attached hydrogens (primary N) is 1. The molecule has 1 aliphatic carbocycles. The summed E-state index contributed by atoms with van der Waals surface area (Å²) >= 11 is 0. The molecule has 0 spiro atoms. The average molecular weight is 423 g/mol. The molecule has 1 aromatic carbocycles. The normalized spacial score (nSPS) is 17.7. The highest BCUT2D eigenvalue weighted by atomic mass is 14.9. The molecule has 2 rings (SSSR count). The summed E-state index contributed by atoms with van der Waals surface area (Å²) in [5, 5.41) is 3.47. The first-order valence-corrected chi connectivity index (χ1v) is 11.8. The lowest BCUT2D eigenvalue weighted by molar-refractivity contribution is 0.492. The molecule has 2 atom stereocenters. The SMILES string of the molecule is C/C=C\CCC(N)c1ccc(C(C)(C)C)cc1.C=CCC(=C)NC1CCC(C)=C(C)C1. The third-order valence-corrected chi connectivity index (χ3v) is 6.03. The molecule has 0 bridgehead atoms. The Labute approximate surface area is 192 Å². The van der Waals surface area contributed by atoms with Gasteiger partial charge in [0.05, 0.1) is 0 Å². The Morgan fingerprint density at radius 2 is 1.84 bits per heavy atom. The first-order chi connectivity index (χ1) is 14.6.